The van der Waals surface area contributed by atoms with E-state index in [1.54, 1.807) is 17.0 Å². The maximum Gasteiger partial charge on any atom is 0.242 e. The molecule has 0 bridgehead atoms. The van der Waals surface area contributed by atoms with E-state index in [0.717, 1.165) is 18.4 Å². The van der Waals surface area contributed by atoms with Gasteiger partial charge < -0.3 is 14.5 Å². The van der Waals surface area contributed by atoms with E-state index in [1.165, 1.54) is 19.1 Å². The molecule has 1 aromatic rings. The lowest BCUT2D eigenvalue weighted by molar-refractivity contribution is -0.144. The normalized spacial score (nSPS) is 25.1. The topological polar surface area (TPSA) is 49.9 Å². The molecule has 0 radical (unpaired) electrons. The minimum Gasteiger partial charge on any atom is -0.381 e. The highest BCUT2D eigenvalue weighted by atomic mass is 19.1. The van der Waals surface area contributed by atoms with Gasteiger partial charge in [0.1, 0.15) is 12.4 Å². The number of hydrogen-bond acceptors (Lipinski definition) is 3. The number of halogens is 1. The largest absolute Gasteiger partial charge is 0.381 e. The number of rotatable bonds is 7. The van der Waals surface area contributed by atoms with Gasteiger partial charge in [-0.25, -0.2) is 4.39 Å². The lowest BCUT2D eigenvalue weighted by Crippen LogP contribution is -2.51. The molecule has 0 aromatic heterocycles. The number of carbonyl (C=O) groups is 2. The smallest absolute Gasteiger partial charge is 0.242 e. The fourth-order valence-electron chi connectivity index (χ4n) is 3.64. The van der Waals surface area contributed by atoms with Crippen molar-refractivity contribution < 1.29 is 18.7 Å². The van der Waals surface area contributed by atoms with Gasteiger partial charge >= 0.3 is 0 Å². The molecule has 3 atom stereocenters. The molecule has 1 aliphatic heterocycles. The molecule has 0 N–H and O–H groups in total. The molecule has 1 heterocycles. The van der Waals surface area contributed by atoms with Crippen LogP contribution in [-0.2, 0) is 20.9 Å². The van der Waals surface area contributed by atoms with Gasteiger partial charge in [0.25, 0.3) is 0 Å². The van der Waals surface area contributed by atoms with E-state index in [0.29, 0.717) is 19.8 Å². The summed E-state index contributed by atoms with van der Waals surface area (Å²) in [6.45, 7) is 5.44. The zero-order chi connectivity index (χ0) is 18.0. The standard InChI is InChI=1S/C19H25FN2O3/c1-3-4-9-25-12-16-18-19(16)22(17(24)11-21(18)13(2)23)10-14-5-7-15(20)8-6-14/h5-8,16,18-19H,3-4,9-12H2,1-2H3/t16-,18-,19+/m0/s1. The molecule has 1 aromatic carbocycles. The maximum absolute atomic E-state index is 13.1. The van der Waals surface area contributed by atoms with Gasteiger partial charge in [-0.1, -0.05) is 25.5 Å². The molecular formula is C19H25FN2O3. The lowest BCUT2D eigenvalue weighted by atomic mass is 10.2. The van der Waals surface area contributed by atoms with Crippen LogP contribution in [0.4, 0.5) is 4.39 Å². The van der Waals surface area contributed by atoms with Crippen LogP contribution in [0.5, 0.6) is 0 Å². The Balaban J connectivity index is 1.69. The Labute approximate surface area is 147 Å². The Morgan fingerprint density at radius 1 is 1.28 bits per heavy atom. The number of hydrogen-bond donors (Lipinski definition) is 0. The summed E-state index contributed by atoms with van der Waals surface area (Å²) in [4.78, 5) is 27.9. The minimum atomic E-state index is -0.289. The van der Waals surface area contributed by atoms with Crippen molar-refractivity contribution in [1.82, 2.24) is 9.80 Å². The molecule has 0 unspecified atom stereocenters. The van der Waals surface area contributed by atoms with E-state index in [9.17, 15) is 14.0 Å². The molecule has 2 fully saturated rings. The van der Waals surface area contributed by atoms with Crippen molar-refractivity contribution in [2.45, 2.75) is 45.3 Å². The van der Waals surface area contributed by atoms with Gasteiger partial charge in [0.05, 0.1) is 18.7 Å². The summed E-state index contributed by atoms with van der Waals surface area (Å²) in [6, 6.07) is 6.24. The quantitative estimate of drug-likeness (QED) is 0.710. The van der Waals surface area contributed by atoms with Crippen molar-refractivity contribution >= 4 is 11.8 Å². The molecule has 1 aliphatic carbocycles. The van der Waals surface area contributed by atoms with Crippen LogP contribution in [0.2, 0.25) is 0 Å². The summed E-state index contributed by atoms with van der Waals surface area (Å²) >= 11 is 0. The van der Waals surface area contributed by atoms with Gasteiger partial charge in [-0.2, -0.15) is 0 Å². The third-order valence-electron chi connectivity index (χ3n) is 5.06. The van der Waals surface area contributed by atoms with Gasteiger partial charge in [-0.3, -0.25) is 9.59 Å². The molecule has 1 saturated carbocycles. The van der Waals surface area contributed by atoms with E-state index in [1.807, 2.05) is 4.90 Å². The molecule has 3 rings (SSSR count). The second-order valence-corrected chi connectivity index (χ2v) is 6.87. The van der Waals surface area contributed by atoms with Gasteiger partial charge in [-0.05, 0) is 24.1 Å². The van der Waals surface area contributed by atoms with Crippen molar-refractivity contribution in [3.05, 3.63) is 35.6 Å². The molecule has 2 aliphatic rings. The second kappa shape index (κ2) is 7.52. The van der Waals surface area contributed by atoms with E-state index in [4.69, 9.17) is 4.74 Å². The van der Waals surface area contributed by atoms with E-state index in [-0.39, 0.29) is 42.2 Å². The SMILES string of the molecule is CCCCOC[C@@H]1[C@@H]2[C@H]1N(C(C)=O)CC(=O)N2Cc1ccc(F)cc1. The van der Waals surface area contributed by atoms with Crippen molar-refractivity contribution in [2.24, 2.45) is 5.92 Å². The van der Waals surface area contributed by atoms with Crippen LogP contribution in [0.3, 0.4) is 0 Å². The summed E-state index contributed by atoms with van der Waals surface area (Å²) in [5.74, 6) is -0.256. The van der Waals surface area contributed by atoms with Gasteiger partial charge in [0.15, 0.2) is 0 Å². The highest BCUT2D eigenvalue weighted by Gasteiger charge is 2.61. The predicted octanol–water partition coefficient (Wildman–Crippen LogP) is 2.20. The molecule has 2 amide bonds. The van der Waals surface area contributed by atoms with Crippen molar-refractivity contribution in [2.75, 3.05) is 19.8 Å². The Bertz CT molecular complexity index is 634. The third-order valence-corrected chi connectivity index (χ3v) is 5.06. The molecule has 5 nitrogen and oxygen atoms in total. The number of carbonyl (C=O) groups excluding carboxylic acids is 2. The number of unbranched alkanes of at least 4 members (excludes halogenated alkanes) is 1. The summed E-state index contributed by atoms with van der Waals surface area (Å²) in [7, 11) is 0. The number of benzene rings is 1. The lowest BCUT2D eigenvalue weighted by Gasteiger charge is -2.33. The van der Waals surface area contributed by atoms with Crippen LogP contribution in [-0.4, -0.2) is 53.5 Å². The van der Waals surface area contributed by atoms with Crippen LogP contribution < -0.4 is 0 Å². The summed E-state index contributed by atoms with van der Waals surface area (Å²) in [5, 5.41) is 0. The average molecular weight is 348 g/mol. The predicted molar refractivity (Wildman–Crippen MR) is 91.1 cm³/mol. The minimum absolute atomic E-state index is 0.00294. The Morgan fingerprint density at radius 3 is 2.64 bits per heavy atom. The van der Waals surface area contributed by atoms with Gasteiger partial charge in [-0.15, -0.1) is 0 Å². The Hall–Kier alpha value is -1.95. The first-order valence-corrected chi connectivity index (χ1v) is 8.91. The fraction of sp³-hybridized carbons (Fsp3) is 0.579. The van der Waals surface area contributed by atoms with Crippen LogP contribution in [0.25, 0.3) is 0 Å². The number of fused-ring (bicyclic) bond motifs is 1. The van der Waals surface area contributed by atoms with Crippen LogP contribution in [0.15, 0.2) is 24.3 Å². The molecule has 136 valence electrons. The van der Waals surface area contributed by atoms with Gasteiger partial charge in [0.2, 0.25) is 11.8 Å². The molecule has 0 spiro atoms. The first kappa shape index (κ1) is 17.9. The maximum atomic E-state index is 13.1. The highest BCUT2D eigenvalue weighted by Crippen LogP contribution is 2.44. The first-order valence-electron chi connectivity index (χ1n) is 8.91. The van der Waals surface area contributed by atoms with Crippen LogP contribution >= 0.6 is 0 Å². The third kappa shape index (κ3) is 3.84. The average Bonchev–Trinajstić information content (AvgIpc) is 3.29. The molecular weight excluding hydrogens is 323 g/mol. The Morgan fingerprint density at radius 2 is 2.00 bits per heavy atom. The first-order chi connectivity index (χ1) is 12.0. The van der Waals surface area contributed by atoms with Crippen LogP contribution in [0, 0.1) is 11.7 Å². The number of amides is 2. The van der Waals surface area contributed by atoms with Crippen molar-refractivity contribution in [3.8, 4) is 0 Å². The van der Waals surface area contributed by atoms with E-state index in [2.05, 4.69) is 6.92 Å². The summed E-state index contributed by atoms with van der Waals surface area (Å²) < 4.78 is 18.8. The molecule has 6 heteroatoms. The monoisotopic (exact) mass is 348 g/mol. The zero-order valence-electron chi connectivity index (χ0n) is 14.8. The van der Waals surface area contributed by atoms with E-state index >= 15 is 0 Å². The summed E-state index contributed by atoms with van der Waals surface area (Å²) in [6.07, 6.45) is 2.09. The molecule has 25 heavy (non-hydrogen) atoms. The number of piperazine rings is 1. The Kier molecular flexibility index (Phi) is 5.37. The number of nitrogens with zero attached hydrogens (tertiary/aromatic N) is 2. The highest BCUT2D eigenvalue weighted by molar-refractivity contribution is 5.87. The summed E-state index contributed by atoms with van der Waals surface area (Å²) in [5.41, 5.74) is 0.891. The van der Waals surface area contributed by atoms with E-state index < -0.39 is 0 Å². The molecule has 1 saturated heterocycles. The van der Waals surface area contributed by atoms with Crippen molar-refractivity contribution in [3.63, 3.8) is 0 Å². The van der Waals surface area contributed by atoms with Crippen molar-refractivity contribution in [1.29, 1.82) is 0 Å². The number of ether oxygens (including phenoxy) is 1. The van der Waals surface area contributed by atoms with Crippen LogP contribution in [0.1, 0.15) is 32.3 Å². The second-order valence-electron chi connectivity index (χ2n) is 6.87. The zero-order valence-corrected chi connectivity index (χ0v) is 14.8. The fourth-order valence-corrected chi connectivity index (χ4v) is 3.64. The van der Waals surface area contributed by atoms with Gasteiger partial charge in [0, 0.05) is 26.0 Å².